The Balaban J connectivity index is 1.40. The topological polar surface area (TPSA) is 115 Å². The lowest BCUT2D eigenvalue weighted by atomic mass is 10.1. The molecule has 8 nitrogen and oxygen atoms in total. The zero-order valence-corrected chi connectivity index (χ0v) is 16.0. The molecule has 1 unspecified atom stereocenters. The van der Waals surface area contributed by atoms with Crippen LogP contribution in [0.3, 0.4) is 0 Å². The molecule has 5 rings (SSSR count). The first-order chi connectivity index (χ1) is 13.7. The van der Waals surface area contributed by atoms with E-state index in [4.69, 9.17) is 5.73 Å². The van der Waals surface area contributed by atoms with Crippen LogP contribution in [0.25, 0.3) is 6.08 Å². The van der Waals surface area contributed by atoms with Crippen LogP contribution >= 0.6 is 11.3 Å². The van der Waals surface area contributed by atoms with Gasteiger partial charge in [-0.2, -0.15) is 5.10 Å². The summed E-state index contributed by atoms with van der Waals surface area (Å²) in [5.74, 6) is 1.18. The molecule has 0 radical (unpaired) electrons. The zero-order chi connectivity index (χ0) is 19.0. The van der Waals surface area contributed by atoms with E-state index in [-0.39, 0.29) is 0 Å². The highest BCUT2D eigenvalue weighted by molar-refractivity contribution is 7.11. The van der Waals surface area contributed by atoms with Crippen LogP contribution in [0.1, 0.15) is 47.3 Å². The van der Waals surface area contributed by atoms with Gasteiger partial charge in [-0.15, -0.1) is 15.3 Å². The molecule has 1 saturated carbocycles. The van der Waals surface area contributed by atoms with Gasteiger partial charge in [0.05, 0.1) is 23.3 Å². The normalized spacial score (nSPS) is 21.3. The van der Waals surface area contributed by atoms with Crippen molar-refractivity contribution in [2.24, 2.45) is 5.73 Å². The Bertz CT molecular complexity index is 1010. The number of nitrogens with one attached hydrogen (secondary N) is 2. The second kappa shape index (κ2) is 6.92. The van der Waals surface area contributed by atoms with E-state index in [1.165, 1.54) is 25.7 Å². The molecule has 4 N–H and O–H groups in total. The molecule has 0 spiro atoms. The van der Waals surface area contributed by atoms with E-state index in [0.717, 1.165) is 27.1 Å². The molecular weight excluding hydrogens is 372 g/mol. The van der Waals surface area contributed by atoms with Crippen LogP contribution in [-0.2, 0) is 5.66 Å². The Labute approximate surface area is 166 Å². The van der Waals surface area contributed by atoms with Crippen molar-refractivity contribution in [3.63, 3.8) is 0 Å². The summed E-state index contributed by atoms with van der Waals surface area (Å²) < 4.78 is 0. The minimum Gasteiger partial charge on any atom is -0.357 e. The van der Waals surface area contributed by atoms with Crippen LogP contribution in [0, 0.1) is 0 Å². The summed E-state index contributed by atoms with van der Waals surface area (Å²) in [5, 5.41) is 25.2. The second-order valence-electron chi connectivity index (χ2n) is 7.14. The van der Waals surface area contributed by atoms with Gasteiger partial charge in [-0.1, -0.05) is 24.2 Å². The summed E-state index contributed by atoms with van der Waals surface area (Å²) in [6.07, 6.45) is 12.1. The van der Waals surface area contributed by atoms with Crippen molar-refractivity contribution >= 4 is 34.6 Å². The fourth-order valence-corrected chi connectivity index (χ4v) is 4.68. The maximum Gasteiger partial charge on any atom is 0.161 e. The fraction of sp³-hybridized carbons (Fsp3) is 0.316. The molecule has 9 heteroatoms. The lowest BCUT2D eigenvalue weighted by Gasteiger charge is -2.30. The summed E-state index contributed by atoms with van der Waals surface area (Å²) in [5.41, 5.74) is 8.21. The van der Waals surface area contributed by atoms with E-state index in [2.05, 4.69) is 36.0 Å². The summed E-state index contributed by atoms with van der Waals surface area (Å²) in [6, 6.07) is 5.63. The van der Waals surface area contributed by atoms with Gasteiger partial charge >= 0.3 is 0 Å². The monoisotopic (exact) mass is 392 g/mol. The average molecular weight is 392 g/mol. The molecule has 142 valence electrons. The molecule has 0 amide bonds. The first-order valence-electron chi connectivity index (χ1n) is 9.34. The fourth-order valence-electron chi connectivity index (χ4n) is 3.63. The van der Waals surface area contributed by atoms with Crippen LogP contribution in [0.2, 0.25) is 0 Å². The maximum absolute atomic E-state index is 6.65. The number of nitrogens with two attached hydrogens (primary N) is 1. The average Bonchev–Trinajstić information content (AvgIpc) is 3.40. The number of rotatable bonds is 4. The Hall–Kier alpha value is -2.91. The molecular formula is C19H20N8S. The van der Waals surface area contributed by atoms with Crippen LogP contribution in [0.15, 0.2) is 36.7 Å². The van der Waals surface area contributed by atoms with Gasteiger partial charge in [0, 0.05) is 12.1 Å². The van der Waals surface area contributed by atoms with Crippen molar-refractivity contribution in [1.29, 1.82) is 0 Å². The third-order valence-electron chi connectivity index (χ3n) is 5.11. The number of fused-ring (bicyclic) bond motifs is 1. The molecule has 0 saturated heterocycles. The van der Waals surface area contributed by atoms with Crippen LogP contribution < -0.4 is 16.4 Å². The smallest absolute Gasteiger partial charge is 0.161 e. The standard InChI is InChI=1S/C19H20N8S/c20-19(18-27-26-17(28-18)12-4-1-2-5-12)8-7-14-15(24-19)10-13(11-21-14)23-16-6-3-9-22-25-16/h3,6-12,24H,1-2,4-5,20H2,(H,23,25). The van der Waals surface area contributed by atoms with Gasteiger partial charge in [0.25, 0.3) is 0 Å². The predicted octanol–water partition coefficient (Wildman–Crippen LogP) is 3.37. The molecule has 0 aromatic carbocycles. The summed E-state index contributed by atoms with van der Waals surface area (Å²) in [7, 11) is 0. The van der Waals surface area contributed by atoms with Gasteiger partial charge in [0.2, 0.25) is 0 Å². The lowest BCUT2D eigenvalue weighted by Crippen LogP contribution is -2.44. The first-order valence-corrected chi connectivity index (χ1v) is 10.2. The summed E-state index contributed by atoms with van der Waals surface area (Å²) >= 11 is 1.60. The van der Waals surface area contributed by atoms with Crippen molar-refractivity contribution in [2.45, 2.75) is 37.3 Å². The van der Waals surface area contributed by atoms with Gasteiger partial charge in [0.1, 0.15) is 5.01 Å². The van der Waals surface area contributed by atoms with E-state index in [0.29, 0.717) is 11.7 Å². The van der Waals surface area contributed by atoms with Crippen molar-refractivity contribution in [1.82, 2.24) is 25.4 Å². The number of anilines is 3. The molecule has 28 heavy (non-hydrogen) atoms. The Morgan fingerprint density at radius 3 is 2.93 bits per heavy atom. The van der Waals surface area contributed by atoms with Crippen LogP contribution in [0.5, 0.6) is 0 Å². The van der Waals surface area contributed by atoms with E-state index >= 15 is 0 Å². The van der Waals surface area contributed by atoms with E-state index < -0.39 is 5.66 Å². The number of nitrogens with zero attached hydrogens (tertiary/aromatic N) is 5. The highest BCUT2D eigenvalue weighted by Crippen LogP contribution is 2.39. The van der Waals surface area contributed by atoms with Gasteiger partial charge in [-0.05, 0) is 43.2 Å². The SMILES string of the molecule is NC1(c2nnc(C3CCCC3)s2)C=Cc2ncc(Nc3cccnn3)cc2N1. The largest absolute Gasteiger partial charge is 0.357 e. The van der Waals surface area contributed by atoms with Crippen molar-refractivity contribution in [3.8, 4) is 0 Å². The van der Waals surface area contributed by atoms with Gasteiger partial charge in [0.15, 0.2) is 16.5 Å². The first kappa shape index (κ1) is 17.2. The van der Waals surface area contributed by atoms with Crippen molar-refractivity contribution < 1.29 is 0 Å². The molecule has 0 bridgehead atoms. The third kappa shape index (κ3) is 3.23. The Morgan fingerprint density at radius 2 is 2.11 bits per heavy atom. The van der Waals surface area contributed by atoms with Crippen molar-refractivity contribution in [2.75, 3.05) is 10.6 Å². The minimum atomic E-state index is -0.894. The summed E-state index contributed by atoms with van der Waals surface area (Å²) in [4.78, 5) is 4.49. The predicted molar refractivity (Wildman–Crippen MR) is 109 cm³/mol. The molecule has 1 aliphatic heterocycles. The quantitative estimate of drug-likeness (QED) is 0.619. The minimum absolute atomic E-state index is 0.527. The second-order valence-corrected chi connectivity index (χ2v) is 8.15. The Morgan fingerprint density at radius 1 is 1.21 bits per heavy atom. The molecule has 1 atom stereocenters. The van der Waals surface area contributed by atoms with Gasteiger partial charge < -0.3 is 10.6 Å². The van der Waals surface area contributed by atoms with Gasteiger partial charge in [-0.25, -0.2) is 0 Å². The van der Waals surface area contributed by atoms with E-state index in [9.17, 15) is 0 Å². The number of aromatic nitrogens is 5. The molecule has 1 fully saturated rings. The van der Waals surface area contributed by atoms with Gasteiger partial charge in [-0.3, -0.25) is 10.7 Å². The number of hydrogen-bond donors (Lipinski definition) is 3. The Kier molecular flexibility index (Phi) is 4.25. The molecule has 2 aliphatic rings. The van der Waals surface area contributed by atoms with E-state index in [1.807, 2.05) is 30.4 Å². The van der Waals surface area contributed by atoms with Crippen molar-refractivity contribution in [3.05, 3.63) is 52.4 Å². The number of hydrogen-bond acceptors (Lipinski definition) is 9. The number of pyridine rings is 1. The highest BCUT2D eigenvalue weighted by atomic mass is 32.1. The molecule has 1 aliphatic carbocycles. The maximum atomic E-state index is 6.65. The molecule has 4 heterocycles. The molecule has 3 aromatic heterocycles. The van der Waals surface area contributed by atoms with Crippen LogP contribution in [0.4, 0.5) is 17.2 Å². The zero-order valence-electron chi connectivity index (χ0n) is 15.2. The summed E-state index contributed by atoms with van der Waals surface area (Å²) in [6.45, 7) is 0. The highest BCUT2D eigenvalue weighted by Gasteiger charge is 2.33. The van der Waals surface area contributed by atoms with E-state index in [1.54, 1.807) is 23.7 Å². The molecule has 3 aromatic rings. The third-order valence-corrected chi connectivity index (χ3v) is 6.34. The van der Waals surface area contributed by atoms with Crippen LogP contribution in [-0.4, -0.2) is 25.4 Å². The lowest BCUT2D eigenvalue weighted by molar-refractivity contribution is 0.628.